The molecule has 3 aromatic carbocycles. The zero-order valence-electron chi connectivity index (χ0n) is 18.0. The summed E-state index contributed by atoms with van der Waals surface area (Å²) >= 11 is 0. The highest BCUT2D eigenvalue weighted by Crippen LogP contribution is 2.55. The highest BCUT2D eigenvalue weighted by Gasteiger charge is 2.44. The molecule has 0 heterocycles. The van der Waals surface area contributed by atoms with Crippen LogP contribution in [0.5, 0.6) is 0 Å². The van der Waals surface area contributed by atoms with Gasteiger partial charge in [-0.15, -0.1) is 0 Å². The van der Waals surface area contributed by atoms with Gasteiger partial charge >= 0.3 is 0 Å². The molecule has 30 heavy (non-hydrogen) atoms. The van der Waals surface area contributed by atoms with Gasteiger partial charge in [0.25, 0.3) is 0 Å². The minimum atomic E-state index is -1.74. The van der Waals surface area contributed by atoms with Crippen molar-refractivity contribution < 1.29 is 4.79 Å². The Labute approximate surface area is 181 Å². The number of carbonyl (C=O) groups excluding carboxylic acids is 1. The molecule has 0 aliphatic carbocycles. The summed E-state index contributed by atoms with van der Waals surface area (Å²) in [6.07, 6.45) is 3.28. The number of unbranched alkanes of at least 4 members (excludes halogenated alkanes) is 1. The van der Waals surface area contributed by atoms with Crippen molar-refractivity contribution in [3.63, 3.8) is 0 Å². The van der Waals surface area contributed by atoms with Gasteiger partial charge < -0.3 is 10.2 Å². The minimum Gasteiger partial charge on any atom is -0.348 e. The standard InChI is InChI=1S/C26H32N2OP/c1-28(2)26(29)22-27-20-12-13-21-30(23-14-6-3-7-15-23,24-16-8-4-9-17-24)25-18-10-5-11-19-25/h3-11,14-19,27H,12-13,20-22H2,1-2H3/q+1. The number of nitrogens with one attached hydrogen (secondary N) is 1. The average molecular weight is 420 g/mol. The topological polar surface area (TPSA) is 32.3 Å². The number of nitrogens with zero attached hydrogens (tertiary/aromatic N) is 1. The average Bonchev–Trinajstić information content (AvgIpc) is 2.80. The molecule has 0 aliphatic rings. The maximum absolute atomic E-state index is 11.8. The molecule has 0 unspecified atom stereocenters. The number of hydrogen-bond acceptors (Lipinski definition) is 2. The largest absolute Gasteiger partial charge is 0.348 e. The summed E-state index contributed by atoms with van der Waals surface area (Å²) in [5, 5.41) is 7.58. The zero-order valence-corrected chi connectivity index (χ0v) is 18.9. The molecule has 0 aliphatic heterocycles. The van der Waals surface area contributed by atoms with Crippen LogP contribution in [0.3, 0.4) is 0 Å². The van der Waals surface area contributed by atoms with E-state index >= 15 is 0 Å². The molecule has 3 aromatic rings. The van der Waals surface area contributed by atoms with Crippen LogP contribution in [0.25, 0.3) is 0 Å². The van der Waals surface area contributed by atoms with Gasteiger partial charge in [-0.2, -0.15) is 0 Å². The molecule has 0 saturated heterocycles. The molecule has 0 bridgehead atoms. The van der Waals surface area contributed by atoms with Crippen molar-refractivity contribution in [3.05, 3.63) is 91.0 Å². The predicted molar refractivity (Wildman–Crippen MR) is 131 cm³/mol. The lowest BCUT2D eigenvalue weighted by Gasteiger charge is -2.27. The first kappa shape index (κ1) is 22.2. The lowest BCUT2D eigenvalue weighted by atomic mass is 10.3. The second-order valence-electron chi connectivity index (χ2n) is 7.71. The fourth-order valence-electron chi connectivity index (χ4n) is 3.83. The van der Waals surface area contributed by atoms with Gasteiger partial charge in [-0.1, -0.05) is 54.6 Å². The van der Waals surface area contributed by atoms with Crippen LogP contribution in [0, 0.1) is 0 Å². The van der Waals surface area contributed by atoms with Crippen molar-refractivity contribution in [1.29, 1.82) is 0 Å². The summed E-state index contributed by atoms with van der Waals surface area (Å²) in [6.45, 7) is 1.27. The van der Waals surface area contributed by atoms with Crippen molar-refractivity contribution in [2.24, 2.45) is 0 Å². The van der Waals surface area contributed by atoms with Crippen molar-refractivity contribution in [2.45, 2.75) is 12.8 Å². The van der Waals surface area contributed by atoms with Crippen molar-refractivity contribution in [1.82, 2.24) is 10.2 Å². The van der Waals surface area contributed by atoms with Gasteiger partial charge in [-0.05, 0) is 55.8 Å². The van der Waals surface area contributed by atoms with Crippen LogP contribution >= 0.6 is 7.26 Å². The Balaban J connectivity index is 1.84. The van der Waals surface area contributed by atoms with E-state index in [-0.39, 0.29) is 5.91 Å². The van der Waals surface area contributed by atoms with Crippen molar-refractivity contribution in [3.8, 4) is 0 Å². The van der Waals surface area contributed by atoms with E-state index in [9.17, 15) is 4.79 Å². The molecule has 0 saturated carbocycles. The van der Waals surface area contributed by atoms with Gasteiger partial charge in [0.05, 0.1) is 12.7 Å². The molecular formula is C26H32N2OP+. The van der Waals surface area contributed by atoms with E-state index in [0.29, 0.717) is 6.54 Å². The fraction of sp³-hybridized carbons (Fsp3) is 0.269. The molecule has 156 valence electrons. The quantitative estimate of drug-likeness (QED) is 0.403. The normalized spacial score (nSPS) is 11.3. The summed E-state index contributed by atoms with van der Waals surface area (Å²) in [5.74, 6) is 0.120. The first-order valence-electron chi connectivity index (χ1n) is 10.6. The van der Waals surface area contributed by atoms with E-state index < -0.39 is 7.26 Å². The Morgan fingerprint density at radius 1 is 0.733 bits per heavy atom. The molecule has 0 aromatic heterocycles. The number of rotatable bonds is 10. The summed E-state index contributed by atoms with van der Waals surface area (Å²) in [6, 6.07) is 33.0. The van der Waals surface area contributed by atoms with Crippen LogP contribution in [0.4, 0.5) is 0 Å². The van der Waals surface area contributed by atoms with Crippen LogP contribution in [-0.4, -0.2) is 44.2 Å². The molecule has 1 N–H and O–H groups in total. The van der Waals surface area contributed by atoms with Gasteiger partial charge in [-0.3, -0.25) is 4.79 Å². The number of carbonyl (C=O) groups is 1. The van der Waals surface area contributed by atoms with Crippen molar-refractivity contribution in [2.75, 3.05) is 33.3 Å². The highest BCUT2D eigenvalue weighted by molar-refractivity contribution is 7.95. The lowest BCUT2D eigenvalue weighted by Crippen LogP contribution is -2.34. The number of likely N-dealkylation sites (N-methyl/N-ethyl adjacent to an activating group) is 1. The molecule has 4 heteroatoms. The highest BCUT2D eigenvalue weighted by atomic mass is 31.2. The fourth-order valence-corrected chi connectivity index (χ4v) is 8.24. The summed E-state index contributed by atoms with van der Waals surface area (Å²) in [7, 11) is 1.85. The van der Waals surface area contributed by atoms with Crippen LogP contribution in [0.15, 0.2) is 91.0 Å². The molecule has 1 amide bonds. The molecular weight excluding hydrogens is 387 g/mol. The Bertz CT molecular complexity index is 801. The van der Waals surface area contributed by atoms with Gasteiger partial charge in [0.1, 0.15) is 23.2 Å². The van der Waals surface area contributed by atoms with E-state index in [0.717, 1.165) is 25.5 Å². The lowest BCUT2D eigenvalue weighted by molar-refractivity contribution is -0.127. The SMILES string of the molecule is CN(C)C(=O)CNCCCC[P+](c1ccccc1)(c1ccccc1)c1ccccc1. The van der Waals surface area contributed by atoms with E-state index in [4.69, 9.17) is 0 Å². The molecule has 0 fully saturated rings. The third-order valence-electron chi connectivity index (χ3n) is 5.46. The van der Waals surface area contributed by atoms with Crippen LogP contribution in [0.2, 0.25) is 0 Å². The molecule has 0 radical (unpaired) electrons. The van der Waals surface area contributed by atoms with Crippen LogP contribution in [-0.2, 0) is 4.79 Å². The third-order valence-corrected chi connectivity index (χ3v) is 9.99. The van der Waals surface area contributed by atoms with E-state index in [1.54, 1.807) is 19.0 Å². The van der Waals surface area contributed by atoms with Crippen molar-refractivity contribution >= 4 is 29.1 Å². The first-order valence-corrected chi connectivity index (χ1v) is 12.6. The Hall–Kier alpha value is -2.48. The smallest absolute Gasteiger partial charge is 0.236 e. The van der Waals surface area contributed by atoms with Gasteiger partial charge in [0.2, 0.25) is 5.91 Å². The third kappa shape index (κ3) is 5.36. The number of amides is 1. The van der Waals surface area contributed by atoms with Crippen LogP contribution in [0.1, 0.15) is 12.8 Å². The monoisotopic (exact) mass is 419 g/mol. The zero-order chi connectivity index (χ0) is 21.2. The van der Waals surface area contributed by atoms with Gasteiger partial charge in [0.15, 0.2) is 0 Å². The maximum atomic E-state index is 11.8. The van der Waals surface area contributed by atoms with E-state index in [1.807, 2.05) is 0 Å². The molecule has 3 rings (SSSR count). The van der Waals surface area contributed by atoms with Gasteiger partial charge in [0, 0.05) is 14.1 Å². The second kappa shape index (κ2) is 11.1. The van der Waals surface area contributed by atoms with Gasteiger partial charge in [-0.25, -0.2) is 0 Å². The Morgan fingerprint density at radius 2 is 1.17 bits per heavy atom. The molecule has 0 atom stereocenters. The molecule has 3 nitrogen and oxygen atoms in total. The Morgan fingerprint density at radius 3 is 1.57 bits per heavy atom. The van der Waals surface area contributed by atoms with E-state index in [2.05, 4.69) is 96.3 Å². The maximum Gasteiger partial charge on any atom is 0.236 e. The first-order chi connectivity index (χ1) is 14.6. The minimum absolute atomic E-state index is 0.120. The number of hydrogen-bond donors (Lipinski definition) is 1. The second-order valence-corrected chi connectivity index (χ2v) is 11.3. The summed E-state index contributed by atoms with van der Waals surface area (Å²) < 4.78 is 0. The van der Waals surface area contributed by atoms with E-state index in [1.165, 1.54) is 15.9 Å². The van der Waals surface area contributed by atoms with Crippen LogP contribution < -0.4 is 21.2 Å². The Kier molecular flexibility index (Phi) is 8.19. The number of benzene rings is 3. The summed E-state index contributed by atoms with van der Waals surface area (Å²) in [5.41, 5.74) is 0. The summed E-state index contributed by atoms with van der Waals surface area (Å²) in [4.78, 5) is 13.4. The predicted octanol–water partition coefficient (Wildman–Crippen LogP) is 3.44. The molecule has 0 spiro atoms.